The number of hydrogen-bond donors (Lipinski definition) is 0. The number of nitrogens with zero attached hydrogens (tertiary/aromatic N) is 1. The number of Topliss-reactive ketones (excluding diaryl/α,β-unsaturated/α-hetero) is 1. The van der Waals surface area contributed by atoms with Crippen LogP contribution in [0.25, 0.3) is 0 Å². The first-order valence-corrected chi connectivity index (χ1v) is 12.5. The predicted octanol–water partition coefficient (Wildman–Crippen LogP) is 5.16. The third-order valence-corrected chi connectivity index (χ3v) is 8.66. The fraction of sp³-hybridized carbons (Fsp3) is 0.929. The van der Waals surface area contributed by atoms with Crippen molar-refractivity contribution < 1.29 is 4.79 Å². The summed E-state index contributed by atoms with van der Waals surface area (Å²) in [6.07, 6.45) is 8.25. The lowest BCUT2D eigenvalue weighted by Gasteiger charge is -2.45. The Morgan fingerprint density at radius 3 is 2.20 bits per heavy atom. The van der Waals surface area contributed by atoms with Crippen LogP contribution in [0.4, 0.5) is 0 Å². The molecule has 6 heteroatoms. The number of carbonyl (C=O) groups excluding carboxylic acids is 1. The van der Waals surface area contributed by atoms with Crippen molar-refractivity contribution in [3.63, 3.8) is 0 Å². The monoisotopic (exact) mass is 727 g/mol. The molecule has 0 bridgehead atoms. The second-order valence-corrected chi connectivity index (χ2v) is 11.7. The summed E-state index contributed by atoms with van der Waals surface area (Å²) in [7, 11) is 0. The van der Waals surface area contributed by atoms with E-state index in [1.54, 1.807) is 0 Å². The summed E-state index contributed by atoms with van der Waals surface area (Å²) >= 11 is 10.3. The van der Waals surface area contributed by atoms with Gasteiger partial charge in [-0.25, -0.2) is 0 Å². The Morgan fingerprint density at radius 2 is 1.65 bits per heavy atom. The summed E-state index contributed by atoms with van der Waals surface area (Å²) in [6, 6.07) is 1.14. The van der Waals surface area contributed by atoms with Crippen molar-refractivity contribution in [1.82, 2.24) is 4.90 Å². The molecule has 0 aromatic carbocycles. The van der Waals surface area contributed by atoms with Crippen LogP contribution in [0.3, 0.4) is 0 Å². The zero-order valence-corrected chi connectivity index (χ0v) is 20.0. The molecule has 0 aromatic heterocycles. The van der Waals surface area contributed by atoms with E-state index in [9.17, 15) is 4.79 Å². The third-order valence-electron chi connectivity index (χ3n) is 4.29. The van der Waals surface area contributed by atoms with E-state index in [0.29, 0.717) is 21.9 Å². The van der Waals surface area contributed by atoms with Gasteiger partial charge in [-0.3, -0.25) is 9.69 Å². The fourth-order valence-electron chi connectivity index (χ4n) is 3.36. The lowest BCUT2D eigenvalue weighted by molar-refractivity contribution is -0.124. The number of likely N-dealkylation sites (tertiary alicyclic amines) is 1. The van der Waals surface area contributed by atoms with Gasteiger partial charge >= 0.3 is 0 Å². The van der Waals surface area contributed by atoms with Gasteiger partial charge in [0.2, 0.25) is 0 Å². The Bertz CT molecular complexity index is 329. The molecule has 2 aliphatic rings. The normalized spacial score (nSPS) is 41.2. The standard InChI is InChI=1S/C14H21I4NO/c15-8-12-6-13(20)7-14(18)19(12)11-4-9(16)2-1-3-10(17)5-11/h9-12,14H,1-8H2/t9-,10+,11?,12-,14+/m1/s1. The molecule has 1 unspecified atom stereocenters. The van der Waals surface area contributed by atoms with Gasteiger partial charge in [0, 0.05) is 37.2 Å². The van der Waals surface area contributed by atoms with Crippen LogP contribution in [0.2, 0.25) is 0 Å². The van der Waals surface area contributed by atoms with Crippen LogP contribution in [-0.4, -0.2) is 39.1 Å². The van der Waals surface area contributed by atoms with E-state index in [4.69, 9.17) is 0 Å². The highest BCUT2D eigenvalue weighted by atomic mass is 127. The minimum atomic E-state index is 0.408. The number of rotatable bonds is 2. The average molecular weight is 727 g/mol. The Labute approximate surface area is 176 Å². The molecule has 2 rings (SSSR count). The Balaban J connectivity index is 2.13. The Morgan fingerprint density at radius 1 is 1.05 bits per heavy atom. The molecule has 1 heterocycles. The first kappa shape index (κ1) is 18.9. The van der Waals surface area contributed by atoms with E-state index in [0.717, 1.165) is 25.1 Å². The van der Waals surface area contributed by atoms with Crippen molar-refractivity contribution in [2.75, 3.05) is 4.43 Å². The maximum atomic E-state index is 11.9. The second-order valence-electron chi connectivity index (χ2n) is 5.89. The van der Waals surface area contributed by atoms with Gasteiger partial charge < -0.3 is 0 Å². The molecule has 1 saturated carbocycles. The predicted molar refractivity (Wildman–Crippen MR) is 119 cm³/mol. The summed E-state index contributed by atoms with van der Waals surface area (Å²) < 4.78 is 3.09. The lowest BCUT2D eigenvalue weighted by atomic mass is 9.91. The molecule has 0 spiro atoms. The van der Waals surface area contributed by atoms with Crippen molar-refractivity contribution in [3.05, 3.63) is 0 Å². The van der Waals surface area contributed by atoms with Crippen molar-refractivity contribution in [2.24, 2.45) is 0 Å². The number of carbonyl (C=O) groups is 1. The van der Waals surface area contributed by atoms with Crippen molar-refractivity contribution in [1.29, 1.82) is 0 Å². The first-order chi connectivity index (χ1) is 9.51. The fourth-order valence-corrected chi connectivity index (χ4v) is 7.58. The van der Waals surface area contributed by atoms with Crippen LogP contribution in [0.1, 0.15) is 44.9 Å². The van der Waals surface area contributed by atoms with E-state index in [2.05, 4.69) is 95.3 Å². The zero-order chi connectivity index (χ0) is 14.7. The molecule has 2 nitrogen and oxygen atoms in total. The second kappa shape index (κ2) is 9.14. The topological polar surface area (TPSA) is 20.3 Å². The highest BCUT2D eigenvalue weighted by Crippen LogP contribution is 2.36. The highest BCUT2D eigenvalue weighted by Gasteiger charge is 2.38. The van der Waals surface area contributed by atoms with Crippen LogP contribution in [0.5, 0.6) is 0 Å². The largest absolute Gasteiger partial charge is 0.300 e. The van der Waals surface area contributed by atoms with Crippen molar-refractivity contribution >= 4 is 96.1 Å². The van der Waals surface area contributed by atoms with Gasteiger partial charge in [0.15, 0.2) is 0 Å². The van der Waals surface area contributed by atoms with Crippen molar-refractivity contribution in [2.45, 2.75) is 68.9 Å². The molecule has 20 heavy (non-hydrogen) atoms. The lowest BCUT2D eigenvalue weighted by Crippen LogP contribution is -2.54. The molecular formula is C14H21I4NO. The van der Waals surface area contributed by atoms with Gasteiger partial charge in [-0.2, -0.15) is 0 Å². The molecule has 2 fully saturated rings. The number of ketones is 1. The minimum Gasteiger partial charge on any atom is -0.300 e. The van der Waals surface area contributed by atoms with Crippen molar-refractivity contribution in [3.8, 4) is 0 Å². The van der Waals surface area contributed by atoms with Crippen LogP contribution >= 0.6 is 90.4 Å². The Hall–Kier alpha value is 2.55. The van der Waals surface area contributed by atoms with E-state index in [-0.39, 0.29) is 0 Å². The summed E-state index contributed by atoms with van der Waals surface area (Å²) in [5.74, 6) is 0.463. The molecule has 0 N–H and O–H groups in total. The molecule has 0 radical (unpaired) electrons. The highest BCUT2D eigenvalue weighted by molar-refractivity contribution is 14.1. The molecule has 1 aliphatic heterocycles. The summed E-state index contributed by atoms with van der Waals surface area (Å²) in [6.45, 7) is 0. The van der Waals surface area contributed by atoms with E-state index in [1.165, 1.54) is 32.1 Å². The van der Waals surface area contributed by atoms with Gasteiger partial charge in [-0.05, 0) is 25.7 Å². The zero-order valence-electron chi connectivity index (χ0n) is 11.4. The number of alkyl halides is 4. The van der Waals surface area contributed by atoms with E-state index in [1.807, 2.05) is 0 Å². The molecule has 0 amide bonds. The van der Waals surface area contributed by atoms with Gasteiger partial charge in [0.05, 0.1) is 4.05 Å². The van der Waals surface area contributed by atoms with Gasteiger partial charge in [0.1, 0.15) is 5.78 Å². The van der Waals surface area contributed by atoms with Crippen LogP contribution in [-0.2, 0) is 4.79 Å². The molecule has 1 saturated heterocycles. The molecule has 1 aliphatic carbocycles. The number of piperidine rings is 1. The molecular weight excluding hydrogens is 706 g/mol. The minimum absolute atomic E-state index is 0.408. The van der Waals surface area contributed by atoms with E-state index < -0.39 is 0 Å². The van der Waals surface area contributed by atoms with Crippen LogP contribution in [0.15, 0.2) is 0 Å². The quantitative estimate of drug-likeness (QED) is 0.223. The van der Waals surface area contributed by atoms with E-state index >= 15 is 0 Å². The van der Waals surface area contributed by atoms with Crippen LogP contribution < -0.4 is 0 Å². The van der Waals surface area contributed by atoms with Crippen LogP contribution in [0, 0.1) is 0 Å². The summed E-state index contributed by atoms with van der Waals surface area (Å²) in [5.41, 5.74) is 0. The SMILES string of the molecule is O=C1C[C@H](CI)N(C2C[C@H](I)CCC[C@H](I)C2)[C@H](I)C1. The maximum absolute atomic E-state index is 11.9. The number of halogens is 4. The third kappa shape index (κ3) is 5.29. The van der Waals surface area contributed by atoms with Gasteiger partial charge in [-0.1, -0.05) is 96.8 Å². The average Bonchev–Trinajstić information content (AvgIpc) is 2.35. The van der Waals surface area contributed by atoms with Gasteiger partial charge in [-0.15, -0.1) is 0 Å². The number of hydrogen-bond acceptors (Lipinski definition) is 2. The first-order valence-electron chi connectivity index (χ1n) is 7.28. The molecule has 0 aromatic rings. The maximum Gasteiger partial charge on any atom is 0.136 e. The van der Waals surface area contributed by atoms with Gasteiger partial charge in [0.25, 0.3) is 0 Å². The molecule has 5 atom stereocenters. The summed E-state index contributed by atoms with van der Waals surface area (Å²) in [4.78, 5) is 14.6. The summed E-state index contributed by atoms with van der Waals surface area (Å²) in [5, 5.41) is 0. The molecule has 116 valence electrons. The Kier molecular flexibility index (Phi) is 8.63. The smallest absolute Gasteiger partial charge is 0.136 e.